The van der Waals surface area contributed by atoms with Gasteiger partial charge in [0.15, 0.2) is 0 Å². The fourth-order valence-electron chi connectivity index (χ4n) is 3.09. The highest BCUT2D eigenvalue weighted by Gasteiger charge is 2.25. The Morgan fingerprint density at radius 2 is 2.27 bits per heavy atom. The summed E-state index contributed by atoms with van der Waals surface area (Å²) in [6, 6.07) is 8.27. The summed E-state index contributed by atoms with van der Waals surface area (Å²) in [7, 11) is 0. The van der Waals surface area contributed by atoms with Crippen LogP contribution in [-0.2, 0) is 6.42 Å². The van der Waals surface area contributed by atoms with Gasteiger partial charge < -0.3 is 20.3 Å². The van der Waals surface area contributed by atoms with Crippen LogP contribution in [0.2, 0.25) is 0 Å². The van der Waals surface area contributed by atoms with Crippen molar-refractivity contribution < 1.29 is 9.90 Å². The Bertz CT molecular complexity index is 638. The molecule has 2 aromatic rings. The first kappa shape index (κ1) is 14.9. The Labute approximate surface area is 130 Å². The first-order valence-electron chi connectivity index (χ1n) is 7.96. The van der Waals surface area contributed by atoms with E-state index in [1.54, 1.807) is 4.90 Å². The number of amides is 2. The fourth-order valence-corrected chi connectivity index (χ4v) is 3.09. The monoisotopic (exact) mass is 301 g/mol. The Morgan fingerprint density at radius 1 is 1.41 bits per heavy atom. The number of aromatic amines is 1. The van der Waals surface area contributed by atoms with Gasteiger partial charge in [-0.1, -0.05) is 18.2 Å². The summed E-state index contributed by atoms with van der Waals surface area (Å²) in [5.74, 6) is 0.247. The topological polar surface area (TPSA) is 68.4 Å². The zero-order valence-electron chi connectivity index (χ0n) is 12.7. The number of likely N-dealkylation sites (tertiary alicyclic amines) is 1. The number of para-hydroxylation sites is 1. The normalized spacial score (nSPS) is 18.0. The fraction of sp³-hybridized carbons (Fsp3) is 0.471. The SMILES string of the molecule is O=C(NCCCc1c[nH]c2ccccc12)N1CCC(CO)C1. The molecule has 22 heavy (non-hydrogen) atoms. The molecule has 2 amide bonds. The molecule has 5 heteroatoms. The number of carbonyl (C=O) groups is 1. The molecular formula is C17H23N3O2. The first-order chi connectivity index (χ1) is 10.8. The van der Waals surface area contributed by atoms with Crippen LogP contribution in [0.4, 0.5) is 4.79 Å². The third-order valence-corrected chi connectivity index (χ3v) is 4.41. The molecule has 0 saturated carbocycles. The van der Waals surface area contributed by atoms with Crippen molar-refractivity contribution in [1.29, 1.82) is 0 Å². The van der Waals surface area contributed by atoms with Crippen molar-refractivity contribution in [2.45, 2.75) is 19.3 Å². The largest absolute Gasteiger partial charge is 0.396 e. The van der Waals surface area contributed by atoms with E-state index in [9.17, 15) is 4.79 Å². The molecule has 3 rings (SSSR count). The molecule has 118 valence electrons. The van der Waals surface area contributed by atoms with Crippen molar-refractivity contribution in [2.75, 3.05) is 26.2 Å². The predicted molar refractivity (Wildman–Crippen MR) is 86.8 cm³/mol. The van der Waals surface area contributed by atoms with Crippen molar-refractivity contribution in [1.82, 2.24) is 15.2 Å². The van der Waals surface area contributed by atoms with Gasteiger partial charge in [0.2, 0.25) is 0 Å². The van der Waals surface area contributed by atoms with Gasteiger partial charge in [-0.15, -0.1) is 0 Å². The second-order valence-electron chi connectivity index (χ2n) is 5.98. The van der Waals surface area contributed by atoms with Crippen LogP contribution >= 0.6 is 0 Å². The molecule has 1 saturated heterocycles. The van der Waals surface area contributed by atoms with E-state index in [0.29, 0.717) is 13.1 Å². The van der Waals surface area contributed by atoms with Crippen molar-refractivity contribution in [3.8, 4) is 0 Å². The van der Waals surface area contributed by atoms with Crippen LogP contribution in [0.15, 0.2) is 30.5 Å². The lowest BCUT2D eigenvalue weighted by molar-refractivity contribution is 0.198. The van der Waals surface area contributed by atoms with Gasteiger partial charge >= 0.3 is 6.03 Å². The molecule has 2 heterocycles. The Morgan fingerprint density at radius 3 is 3.09 bits per heavy atom. The van der Waals surface area contributed by atoms with Gasteiger partial charge in [0.1, 0.15) is 0 Å². The highest BCUT2D eigenvalue weighted by molar-refractivity contribution is 5.83. The third-order valence-electron chi connectivity index (χ3n) is 4.41. The van der Waals surface area contributed by atoms with E-state index in [1.165, 1.54) is 10.9 Å². The van der Waals surface area contributed by atoms with Crippen LogP contribution in [-0.4, -0.2) is 47.3 Å². The maximum absolute atomic E-state index is 12.0. The van der Waals surface area contributed by atoms with Crippen LogP contribution < -0.4 is 5.32 Å². The van der Waals surface area contributed by atoms with Gasteiger partial charge in [-0.3, -0.25) is 0 Å². The highest BCUT2D eigenvalue weighted by Crippen LogP contribution is 2.19. The number of carbonyl (C=O) groups excluding carboxylic acids is 1. The van der Waals surface area contributed by atoms with Crippen molar-refractivity contribution in [3.63, 3.8) is 0 Å². The zero-order valence-corrected chi connectivity index (χ0v) is 12.7. The quantitative estimate of drug-likeness (QED) is 0.741. The van der Waals surface area contributed by atoms with E-state index < -0.39 is 0 Å². The number of nitrogens with one attached hydrogen (secondary N) is 2. The van der Waals surface area contributed by atoms with E-state index in [4.69, 9.17) is 5.11 Å². The van der Waals surface area contributed by atoms with E-state index >= 15 is 0 Å². The molecule has 1 aromatic heterocycles. The Kier molecular flexibility index (Phi) is 4.63. The number of benzene rings is 1. The van der Waals surface area contributed by atoms with Gasteiger partial charge in [-0.2, -0.15) is 0 Å². The minimum Gasteiger partial charge on any atom is -0.396 e. The first-order valence-corrected chi connectivity index (χ1v) is 7.96. The molecule has 1 fully saturated rings. The maximum atomic E-state index is 12.0. The minimum atomic E-state index is -0.00474. The van der Waals surface area contributed by atoms with E-state index in [0.717, 1.165) is 31.3 Å². The summed E-state index contributed by atoms with van der Waals surface area (Å²) >= 11 is 0. The predicted octanol–water partition coefficient (Wildman–Crippen LogP) is 2.12. The molecule has 1 aliphatic rings. The number of urea groups is 1. The summed E-state index contributed by atoms with van der Waals surface area (Å²) in [5, 5.41) is 13.3. The van der Waals surface area contributed by atoms with Crippen LogP contribution in [0.3, 0.4) is 0 Å². The number of aryl methyl sites for hydroxylation is 1. The molecular weight excluding hydrogens is 278 g/mol. The average Bonchev–Trinajstić information content (AvgIpc) is 3.18. The molecule has 1 unspecified atom stereocenters. The summed E-state index contributed by atoms with van der Waals surface area (Å²) < 4.78 is 0. The van der Waals surface area contributed by atoms with Gasteiger partial charge in [-0.25, -0.2) is 4.79 Å². The lowest BCUT2D eigenvalue weighted by atomic mass is 10.1. The molecule has 1 aromatic carbocycles. The smallest absolute Gasteiger partial charge is 0.317 e. The number of aromatic nitrogens is 1. The van der Waals surface area contributed by atoms with E-state index in [-0.39, 0.29) is 18.6 Å². The van der Waals surface area contributed by atoms with E-state index in [1.807, 2.05) is 12.1 Å². The number of nitrogens with zero attached hydrogens (tertiary/aromatic N) is 1. The molecule has 1 atom stereocenters. The Balaban J connectivity index is 1.43. The number of hydrogen-bond donors (Lipinski definition) is 3. The van der Waals surface area contributed by atoms with Gasteiger partial charge in [-0.05, 0) is 30.9 Å². The van der Waals surface area contributed by atoms with Crippen molar-refractivity contribution >= 4 is 16.9 Å². The van der Waals surface area contributed by atoms with E-state index in [2.05, 4.69) is 28.6 Å². The minimum absolute atomic E-state index is 0.00474. The molecule has 0 bridgehead atoms. The number of aliphatic hydroxyl groups excluding tert-OH is 1. The Hall–Kier alpha value is -2.01. The van der Waals surface area contributed by atoms with Crippen LogP contribution in [0.25, 0.3) is 10.9 Å². The summed E-state index contributed by atoms with van der Waals surface area (Å²) in [6.45, 7) is 2.27. The molecule has 0 aliphatic carbocycles. The van der Waals surface area contributed by atoms with Gasteiger partial charge in [0, 0.05) is 49.3 Å². The molecule has 3 N–H and O–H groups in total. The van der Waals surface area contributed by atoms with Gasteiger partial charge in [0.25, 0.3) is 0 Å². The number of rotatable bonds is 5. The van der Waals surface area contributed by atoms with Crippen LogP contribution in [0.5, 0.6) is 0 Å². The van der Waals surface area contributed by atoms with Gasteiger partial charge in [0.05, 0.1) is 0 Å². The second-order valence-corrected chi connectivity index (χ2v) is 5.98. The zero-order chi connectivity index (χ0) is 15.4. The van der Waals surface area contributed by atoms with Crippen molar-refractivity contribution in [2.24, 2.45) is 5.92 Å². The number of aliphatic hydroxyl groups is 1. The average molecular weight is 301 g/mol. The molecule has 1 aliphatic heterocycles. The summed E-state index contributed by atoms with van der Waals surface area (Å²) in [5.41, 5.74) is 2.46. The van der Waals surface area contributed by atoms with Crippen LogP contribution in [0.1, 0.15) is 18.4 Å². The highest BCUT2D eigenvalue weighted by atomic mass is 16.3. The number of fused-ring (bicyclic) bond motifs is 1. The van der Waals surface area contributed by atoms with Crippen LogP contribution in [0, 0.1) is 5.92 Å². The third kappa shape index (κ3) is 3.25. The lowest BCUT2D eigenvalue weighted by Gasteiger charge is -2.16. The second kappa shape index (κ2) is 6.83. The maximum Gasteiger partial charge on any atom is 0.317 e. The number of hydrogen-bond acceptors (Lipinski definition) is 2. The standard InChI is InChI=1S/C17H23N3O2/c21-12-13-7-9-20(11-13)17(22)18-8-3-4-14-10-19-16-6-2-1-5-15(14)16/h1-2,5-6,10,13,19,21H,3-4,7-9,11-12H2,(H,18,22). The van der Waals surface area contributed by atoms with Crippen molar-refractivity contribution in [3.05, 3.63) is 36.0 Å². The number of H-pyrrole nitrogens is 1. The molecule has 0 spiro atoms. The summed E-state index contributed by atoms with van der Waals surface area (Å²) in [4.78, 5) is 17.1. The molecule has 0 radical (unpaired) electrons. The summed E-state index contributed by atoms with van der Waals surface area (Å²) in [6.07, 6.45) is 4.83. The molecule has 5 nitrogen and oxygen atoms in total. The lowest BCUT2D eigenvalue weighted by Crippen LogP contribution is -2.39.